The average Bonchev–Trinajstić information content (AvgIpc) is 2.13. The van der Waals surface area contributed by atoms with Gasteiger partial charge in [0.05, 0.1) is 0 Å². The first-order valence-corrected chi connectivity index (χ1v) is 7.02. The van der Waals surface area contributed by atoms with Gasteiger partial charge in [-0.1, -0.05) is 20.3 Å². The van der Waals surface area contributed by atoms with Crippen molar-refractivity contribution in [2.45, 2.75) is 64.1 Å². The molecule has 2 rings (SSSR count). The molecule has 1 N–H and O–H groups in total. The molecule has 2 saturated carbocycles. The van der Waals surface area contributed by atoms with E-state index in [1.807, 2.05) is 0 Å². The van der Waals surface area contributed by atoms with Crippen LogP contribution in [0, 0.1) is 11.8 Å². The van der Waals surface area contributed by atoms with Crippen molar-refractivity contribution < 1.29 is 0 Å². The van der Waals surface area contributed by atoms with E-state index in [4.69, 9.17) is 0 Å². The lowest BCUT2D eigenvalue weighted by Gasteiger charge is -2.49. The van der Waals surface area contributed by atoms with Crippen LogP contribution in [0.1, 0.15) is 46.0 Å². The lowest BCUT2D eigenvalue weighted by molar-refractivity contribution is 0.0262. The van der Waals surface area contributed by atoms with Crippen LogP contribution < -0.4 is 5.32 Å². The summed E-state index contributed by atoms with van der Waals surface area (Å²) in [6.07, 6.45) is 7.04. The molecule has 0 aromatic rings. The highest BCUT2D eigenvalue weighted by Gasteiger charge is 2.38. The van der Waals surface area contributed by atoms with E-state index in [2.05, 4.69) is 38.2 Å². The molecule has 0 saturated heterocycles. The third kappa shape index (κ3) is 2.28. The Morgan fingerprint density at radius 3 is 2.31 bits per heavy atom. The summed E-state index contributed by atoms with van der Waals surface area (Å²) in [6, 6.07) is 2.33. The van der Waals surface area contributed by atoms with Crippen molar-refractivity contribution in [3.05, 3.63) is 0 Å². The maximum atomic E-state index is 3.56. The second-order valence-corrected chi connectivity index (χ2v) is 6.19. The van der Waals surface area contributed by atoms with Crippen molar-refractivity contribution in [2.24, 2.45) is 11.8 Å². The van der Waals surface area contributed by atoms with Crippen molar-refractivity contribution in [1.29, 1.82) is 0 Å². The molecule has 0 heterocycles. The first kappa shape index (κ1) is 12.4. The number of nitrogens with zero attached hydrogens (tertiary/aromatic N) is 1. The van der Waals surface area contributed by atoms with Crippen molar-refractivity contribution in [1.82, 2.24) is 10.2 Å². The second kappa shape index (κ2) is 5.05. The predicted molar refractivity (Wildman–Crippen MR) is 69.6 cm³/mol. The van der Waals surface area contributed by atoms with Crippen LogP contribution in [0.25, 0.3) is 0 Å². The largest absolute Gasteiger partial charge is 0.315 e. The van der Waals surface area contributed by atoms with Crippen LogP contribution in [-0.4, -0.2) is 37.1 Å². The molecule has 0 bridgehead atoms. The number of likely N-dealkylation sites (N-methyl/N-ethyl adjacent to an activating group) is 2. The van der Waals surface area contributed by atoms with Crippen molar-refractivity contribution >= 4 is 0 Å². The first-order chi connectivity index (χ1) is 7.63. The number of hydrogen-bond donors (Lipinski definition) is 1. The van der Waals surface area contributed by atoms with E-state index in [0.717, 1.165) is 23.9 Å². The van der Waals surface area contributed by atoms with Gasteiger partial charge in [-0.15, -0.1) is 0 Å². The molecule has 2 aliphatic rings. The Bertz CT molecular complexity index is 223. The minimum absolute atomic E-state index is 0.698. The molecule has 94 valence electrons. The smallest absolute Gasteiger partial charge is 0.0274 e. The van der Waals surface area contributed by atoms with E-state index in [9.17, 15) is 0 Å². The Morgan fingerprint density at radius 2 is 1.81 bits per heavy atom. The summed E-state index contributed by atoms with van der Waals surface area (Å²) >= 11 is 0. The molecule has 2 nitrogen and oxygen atoms in total. The molecule has 4 unspecified atom stereocenters. The molecule has 2 fully saturated rings. The topological polar surface area (TPSA) is 15.3 Å². The Labute approximate surface area is 101 Å². The minimum atomic E-state index is 0.698. The van der Waals surface area contributed by atoms with Gasteiger partial charge in [-0.25, -0.2) is 0 Å². The third-order valence-electron chi connectivity index (χ3n) is 4.92. The van der Waals surface area contributed by atoms with Crippen LogP contribution in [-0.2, 0) is 0 Å². The van der Waals surface area contributed by atoms with Crippen LogP contribution in [0.3, 0.4) is 0 Å². The maximum absolute atomic E-state index is 3.56. The van der Waals surface area contributed by atoms with Crippen molar-refractivity contribution in [2.75, 3.05) is 14.1 Å². The van der Waals surface area contributed by atoms with Crippen LogP contribution in [0.2, 0.25) is 0 Å². The Kier molecular flexibility index (Phi) is 3.91. The zero-order valence-electron chi connectivity index (χ0n) is 11.4. The fraction of sp³-hybridized carbons (Fsp3) is 1.00. The highest BCUT2D eigenvalue weighted by atomic mass is 15.2. The number of rotatable bonds is 3. The summed E-state index contributed by atoms with van der Waals surface area (Å²) in [5, 5.41) is 3.56. The zero-order chi connectivity index (χ0) is 11.7. The monoisotopic (exact) mass is 224 g/mol. The first-order valence-electron chi connectivity index (χ1n) is 7.02. The Morgan fingerprint density at radius 1 is 1.12 bits per heavy atom. The normalized spacial score (nSPS) is 41.1. The van der Waals surface area contributed by atoms with Crippen LogP contribution in [0.4, 0.5) is 0 Å². The van der Waals surface area contributed by atoms with Gasteiger partial charge in [-0.2, -0.15) is 0 Å². The molecule has 0 aliphatic heterocycles. The summed E-state index contributed by atoms with van der Waals surface area (Å²) in [7, 11) is 4.49. The van der Waals surface area contributed by atoms with E-state index in [0.29, 0.717) is 6.04 Å². The Balaban J connectivity index is 2.03. The Hall–Kier alpha value is -0.0800. The molecule has 0 amide bonds. The highest BCUT2D eigenvalue weighted by molar-refractivity contribution is 4.95. The summed E-state index contributed by atoms with van der Waals surface area (Å²) in [5.41, 5.74) is 0. The molecule has 2 heteroatoms. The van der Waals surface area contributed by atoms with Gasteiger partial charge >= 0.3 is 0 Å². The van der Waals surface area contributed by atoms with Gasteiger partial charge in [0.2, 0.25) is 0 Å². The van der Waals surface area contributed by atoms with Crippen LogP contribution in [0.5, 0.6) is 0 Å². The SMILES string of the molecule is CNC1CC(C)CC(C)C1N(C)C1CCC1. The van der Waals surface area contributed by atoms with Gasteiger partial charge < -0.3 is 5.32 Å². The minimum Gasteiger partial charge on any atom is -0.315 e. The summed E-state index contributed by atoms with van der Waals surface area (Å²) in [4.78, 5) is 2.68. The van der Waals surface area contributed by atoms with Crippen LogP contribution in [0.15, 0.2) is 0 Å². The standard InChI is InChI=1S/C14H28N2/c1-10-8-11(2)14(13(9-10)15-3)16(4)12-6-5-7-12/h10-15H,5-9H2,1-4H3. The average molecular weight is 224 g/mol. The second-order valence-electron chi connectivity index (χ2n) is 6.19. The maximum Gasteiger partial charge on any atom is 0.0274 e. The lowest BCUT2D eigenvalue weighted by Crippen LogP contribution is -2.58. The fourth-order valence-electron chi connectivity index (χ4n) is 3.85. The molecular weight excluding hydrogens is 196 g/mol. The number of hydrogen-bond acceptors (Lipinski definition) is 2. The van der Waals surface area contributed by atoms with Gasteiger partial charge in [0, 0.05) is 18.1 Å². The number of nitrogens with one attached hydrogen (secondary N) is 1. The summed E-state index contributed by atoms with van der Waals surface area (Å²) in [6.45, 7) is 4.85. The molecule has 0 aromatic carbocycles. The van der Waals surface area contributed by atoms with E-state index < -0.39 is 0 Å². The van der Waals surface area contributed by atoms with E-state index >= 15 is 0 Å². The van der Waals surface area contributed by atoms with Gasteiger partial charge in [-0.05, 0) is 51.6 Å². The van der Waals surface area contributed by atoms with Gasteiger partial charge in [-0.3, -0.25) is 4.90 Å². The van der Waals surface area contributed by atoms with Crippen LogP contribution >= 0.6 is 0 Å². The molecular formula is C14H28N2. The highest BCUT2D eigenvalue weighted by Crippen LogP contribution is 2.35. The molecule has 0 radical (unpaired) electrons. The molecule has 0 aromatic heterocycles. The third-order valence-corrected chi connectivity index (χ3v) is 4.92. The van der Waals surface area contributed by atoms with Crippen molar-refractivity contribution in [3.8, 4) is 0 Å². The van der Waals surface area contributed by atoms with E-state index in [-0.39, 0.29) is 0 Å². The van der Waals surface area contributed by atoms with E-state index in [1.165, 1.54) is 32.1 Å². The fourth-order valence-corrected chi connectivity index (χ4v) is 3.85. The van der Waals surface area contributed by atoms with Gasteiger partial charge in [0.1, 0.15) is 0 Å². The van der Waals surface area contributed by atoms with E-state index in [1.54, 1.807) is 0 Å². The molecule has 4 atom stereocenters. The van der Waals surface area contributed by atoms with Crippen molar-refractivity contribution in [3.63, 3.8) is 0 Å². The predicted octanol–water partition coefficient (Wildman–Crippen LogP) is 2.49. The molecule has 2 aliphatic carbocycles. The zero-order valence-corrected chi connectivity index (χ0v) is 11.4. The van der Waals surface area contributed by atoms with Gasteiger partial charge in [0.25, 0.3) is 0 Å². The quantitative estimate of drug-likeness (QED) is 0.792. The lowest BCUT2D eigenvalue weighted by atomic mass is 9.74. The van der Waals surface area contributed by atoms with Gasteiger partial charge in [0.15, 0.2) is 0 Å². The summed E-state index contributed by atoms with van der Waals surface area (Å²) in [5.74, 6) is 1.73. The molecule has 16 heavy (non-hydrogen) atoms. The summed E-state index contributed by atoms with van der Waals surface area (Å²) < 4.78 is 0. The molecule has 0 spiro atoms.